The Bertz CT molecular complexity index is 1330. The van der Waals surface area contributed by atoms with Crippen LogP contribution in [0.4, 0.5) is 16.2 Å². The molecule has 2 N–H and O–H groups in total. The van der Waals surface area contributed by atoms with Crippen molar-refractivity contribution in [1.82, 2.24) is 4.90 Å². The number of rotatable bonds is 9. The minimum Gasteiger partial charge on any atom is -0.495 e. The molecule has 4 rings (SSSR count). The van der Waals surface area contributed by atoms with Crippen molar-refractivity contribution in [2.75, 3.05) is 38.0 Å². The lowest BCUT2D eigenvalue weighted by Crippen LogP contribution is -2.39. The Morgan fingerprint density at radius 2 is 1.72 bits per heavy atom. The Kier molecular flexibility index (Phi) is 9.27. The molecule has 1 saturated heterocycles. The molecule has 0 unspecified atom stereocenters. The van der Waals surface area contributed by atoms with Gasteiger partial charge in [-0.2, -0.15) is 0 Å². The number of methoxy groups -OCH3 is 2. The van der Waals surface area contributed by atoms with Crippen LogP contribution in [-0.2, 0) is 16.0 Å². The van der Waals surface area contributed by atoms with Gasteiger partial charge in [-0.25, -0.2) is 9.59 Å². The number of urea groups is 1. The van der Waals surface area contributed by atoms with Crippen molar-refractivity contribution in [3.8, 4) is 11.5 Å². The summed E-state index contributed by atoms with van der Waals surface area (Å²) in [5.74, 6) is 0.635. The highest BCUT2D eigenvalue weighted by molar-refractivity contribution is 6.33. The van der Waals surface area contributed by atoms with Crippen LogP contribution in [0.1, 0.15) is 28.8 Å². The minimum absolute atomic E-state index is 0.0126. The Morgan fingerprint density at radius 1 is 0.974 bits per heavy atom. The highest BCUT2D eigenvalue weighted by atomic mass is 35.5. The summed E-state index contributed by atoms with van der Waals surface area (Å²) in [6, 6.07) is 18.4. The van der Waals surface area contributed by atoms with Crippen molar-refractivity contribution in [1.29, 1.82) is 0 Å². The third-order valence-corrected chi connectivity index (χ3v) is 6.74. The van der Waals surface area contributed by atoms with Crippen molar-refractivity contribution < 1.29 is 28.6 Å². The molecule has 1 atom stereocenters. The number of carbonyl (C=O) groups is 3. The monoisotopic (exact) mass is 551 g/mol. The largest absolute Gasteiger partial charge is 0.495 e. The number of likely N-dealkylation sites (tertiary alicyclic amines) is 1. The fraction of sp³-hybridized carbons (Fsp3) is 0.276. The Morgan fingerprint density at radius 3 is 2.44 bits per heavy atom. The maximum Gasteiger partial charge on any atom is 0.337 e. The molecule has 3 amide bonds. The smallest absolute Gasteiger partial charge is 0.337 e. The van der Waals surface area contributed by atoms with Gasteiger partial charge in [0.15, 0.2) is 0 Å². The number of para-hydroxylation sites is 1. The van der Waals surface area contributed by atoms with Gasteiger partial charge in [0, 0.05) is 6.54 Å². The van der Waals surface area contributed by atoms with Crippen molar-refractivity contribution in [3.05, 3.63) is 82.9 Å². The third-order valence-electron chi connectivity index (χ3n) is 6.41. The molecule has 1 fully saturated rings. The van der Waals surface area contributed by atoms with Crippen LogP contribution in [0.15, 0.2) is 66.7 Å². The zero-order valence-electron chi connectivity index (χ0n) is 21.7. The van der Waals surface area contributed by atoms with E-state index in [9.17, 15) is 14.4 Å². The molecule has 1 aliphatic rings. The van der Waals surface area contributed by atoms with Crippen LogP contribution in [0.25, 0.3) is 0 Å². The fourth-order valence-electron chi connectivity index (χ4n) is 4.40. The topological polar surface area (TPSA) is 106 Å². The normalized spacial score (nSPS) is 14.4. The highest BCUT2D eigenvalue weighted by Crippen LogP contribution is 2.28. The van der Waals surface area contributed by atoms with Crippen LogP contribution in [0, 0.1) is 0 Å². The number of amides is 3. The van der Waals surface area contributed by atoms with E-state index in [2.05, 4.69) is 10.6 Å². The number of halogens is 1. The first kappa shape index (κ1) is 27.8. The maximum absolute atomic E-state index is 13.2. The second-order valence-corrected chi connectivity index (χ2v) is 9.39. The molecule has 204 valence electrons. The van der Waals surface area contributed by atoms with E-state index in [4.69, 9.17) is 25.8 Å². The van der Waals surface area contributed by atoms with Gasteiger partial charge in [-0.1, -0.05) is 29.8 Å². The van der Waals surface area contributed by atoms with E-state index in [1.54, 1.807) is 66.7 Å². The van der Waals surface area contributed by atoms with Gasteiger partial charge in [-0.05, 0) is 66.9 Å². The fourth-order valence-corrected chi connectivity index (χ4v) is 4.58. The molecule has 3 aromatic rings. The van der Waals surface area contributed by atoms with Crippen molar-refractivity contribution in [2.45, 2.75) is 25.3 Å². The molecule has 3 aromatic carbocycles. The van der Waals surface area contributed by atoms with Gasteiger partial charge in [-0.15, -0.1) is 0 Å². The molecule has 0 aromatic heterocycles. The van der Waals surface area contributed by atoms with Gasteiger partial charge < -0.3 is 29.7 Å². The molecule has 0 aliphatic carbocycles. The first-order chi connectivity index (χ1) is 18.9. The number of nitrogens with one attached hydrogen (secondary N) is 2. The number of anilines is 2. The van der Waals surface area contributed by atoms with E-state index in [1.807, 2.05) is 4.90 Å². The summed E-state index contributed by atoms with van der Waals surface area (Å²) in [6.45, 7) is 1.02. The molecule has 1 aliphatic heterocycles. The molecule has 0 spiro atoms. The Labute approximate surface area is 232 Å². The van der Waals surface area contributed by atoms with E-state index in [0.29, 0.717) is 46.6 Å². The van der Waals surface area contributed by atoms with Gasteiger partial charge in [0.25, 0.3) is 0 Å². The van der Waals surface area contributed by atoms with Crippen LogP contribution < -0.4 is 20.1 Å². The molecular weight excluding hydrogens is 522 g/mol. The van der Waals surface area contributed by atoms with E-state index in [1.165, 1.54) is 14.2 Å². The number of hydrogen-bond acceptors (Lipinski definition) is 6. The van der Waals surface area contributed by atoms with Crippen LogP contribution in [0.2, 0.25) is 5.02 Å². The summed E-state index contributed by atoms with van der Waals surface area (Å²) in [4.78, 5) is 39.1. The second-order valence-electron chi connectivity index (χ2n) is 8.98. The van der Waals surface area contributed by atoms with E-state index in [0.717, 1.165) is 18.4 Å². The minimum atomic E-state index is -0.468. The van der Waals surface area contributed by atoms with Gasteiger partial charge in [0.2, 0.25) is 5.91 Å². The first-order valence-corrected chi connectivity index (χ1v) is 12.9. The summed E-state index contributed by atoms with van der Waals surface area (Å²) >= 11 is 6.11. The first-order valence-electron chi connectivity index (χ1n) is 12.5. The average Bonchev–Trinajstić information content (AvgIpc) is 3.43. The van der Waals surface area contributed by atoms with E-state index >= 15 is 0 Å². The van der Waals surface area contributed by atoms with Crippen molar-refractivity contribution in [2.24, 2.45) is 0 Å². The molecule has 39 heavy (non-hydrogen) atoms. The number of hydrogen-bond donors (Lipinski definition) is 2. The zero-order valence-corrected chi connectivity index (χ0v) is 22.5. The van der Waals surface area contributed by atoms with E-state index in [-0.39, 0.29) is 18.4 Å². The second kappa shape index (κ2) is 13.0. The number of nitrogens with zero attached hydrogens (tertiary/aromatic N) is 1. The summed E-state index contributed by atoms with van der Waals surface area (Å²) in [5.41, 5.74) is 2.16. The lowest BCUT2D eigenvalue weighted by molar-refractivity contribution is -0.131. The summed E-state index contributed by atoms with van der Waals surface area (Å²) in [6.07, 6.45) is 1.93. The molecule has 0 bridgehead atoms. The average molecular weight is 552 g/mol. The SMILES string of the molecule is COC(=O)c1ccc(OC[C@@H]2CCCN2C(=O)Cc2ccc(NC(=O)Nc3ccccc3Cl)c(OC)c2)cc1. The number of carbonyl (C=O) groups excluding carboxylic acids is 3. The predicted octanol–water partition coefficient (Wildman–Crippen LogP) is 5.39. The quantitative estimate of drug-likeness (QED) is 0.345. The standard InChI is InChI=1S/C29H30ClN3O6/c1-37-26-16-19(9-14-25(26)32-29(36)31-24-8-4-3-7-23(24)30)17-27(34)33-15-5-6-21(33)18-39-22-12-10-20(11-13-22)28(35)38-2/h3-4,7-14,16,21H,5-6,15,17-18H2,1-2H3,(H2,31,32,36)/t21-/m0/s1. The van der Waals surface area contributed by atoms with Crippen molar-refractivity contribution in [3.63, 3.8) is 0 Å². The molecule has 0 radical (unpaired) electrons. The summed E-state index contributed by atoms with van der Waals surface area (Å²) in [7, 11) is 2.84. The van der Waals surface area contributed by atoms with Gasteiger partial charge in [-0.3, -0.25) is 4.79 Å². The molecule has 0 saturated carbocycles. The van der Waals surface area contributed by atoms with Gasteiger partial charge >= 0.3 is 12.0 Å². The Hall–Kier alpha value is -4.24. The van der Waals surface area contributed by atoms with Crippen molar-refractivity contribution >= 4 is 40.9 Å². The number of esters is 1. The van der Waals surface area contributed by atoms with Gasteiger partial charge in [0.05, 0.1) is 48.6 Å². The highest BCUT2D eigenvalue weighted by Gasteiger charge is 2.29. The maximum atomic E-state index is 13.2. The summed E-state index contributed by atoms with van der Waals surface area (Å²) < 4.78 is 16.1. The lowest BCUT2D eigenvalue weighted by atomic mass is 10.1. The van der Waals surface area contributed by atoms with Crippen LogP contribution in [-0.4, -0.2) is 56.2 Å². The summed E-state index contributed by atoms with van der Waals surface area (Å²) in [5, 5.41) is 5.88. The van der Waals surface area contributed by atoms with Crippen LogP contribution in [0.5, 0.6) is 11.5 Å². The molecule has 10 heteroatoms. The van der Waals surface area contributed by atoms with Gasteiger partial charge in [0.1, 0.15) is 18.1 Å². The van der Waals surface area contributed by atoms with Crippen LogP contribution in [0.3, 0.4) is 0 Å². The molecule has 1 heterocycles. The lowest BCUT2D eigenvalue weighted by Gasteiger charge is -2.25. The van der Waals surface area contributed by atoms with E-state index < -0.39 is 12.0 Å². The molecular formula is C29H30ClN3O6. The number of ether oxygens (including phenoxy) is 3. The molecule has 9 nitrogen and oxygen atoms in total. The predicted molar refractivity (Wildman–Crippen MR) is 149 cm³/mol. The number of benzene rings is 3. The third kappa shape index (κ3) is 7.20. The zero-order chi connectivity index (χ0) is 27.8. The van der Waals surface area contributed by atoms with Crippen LogP contribution >= 0.6 is 11.6 Å². The Balaban J connectivity index is 1.34.